The van der Waals surface area contributed by atoms with E-state index in [0.717, 1.165) is 17.9 Å². The summed E-state index contributed by atoms with van der Waals surface area (Å²) in [7, 11) is 0. The lowest BCUT2D eigenvalue weighted by Gasteiger charge is -2.24. The molecule has 2 heterocycles. The summed E-state index contributed by atoms with van der Waals surface area (Å²) < 4.78 is 0. The van der Waals surface area contributed by atoms with Crippen LogP contribution < -0.4 is 5.73 Å². The number of nitrogens with zero attached hydrogens (tertiary/aromatic N) is 2. The number of rotatable bonds is 2. The molecule has 3 heteroatoms. The van der Waals surface area contributed by atoms with Gasteiger partial charge in [-0.15, -0.1) is 0 Å². The Kier molecular flexibility index (Phi) is 4.17. The Hall–Kier alpha value is -1.09. The molecule has 0 amide bonds. The molecule has 2 N–H and O–H groups in total. The van der Waals surface area contributed by atoms with E-state index in [-0.39, 0.29) is 0 Å². The van der Waals surface area contributed by atoms with Crippen molar-refractivity contribution in [2.75, 3.05) is 18.8 Å². The molecule has 0 aromatic carbocycles. The monoisotopic (exact) mass is 219 g/mol. The maximum Gasteiger partial charge on any atom is 0.0772 e. The maximum atomic E-state index is 5.92. The molecule has 0 aliphatic carbocycles. The first-order chi connectivity index (χ1) is 7.86. The number of aromatic nitrogens is 1. The molecule has 0 unspecified atom stereocenters. The van der Waals surface area contributed by atoms with Gasteiger partial charge in [-0.05, 0) is 38.1 Å². The van der Waals surface area contributed by atoms with Crippen LogP contribution in [0.2, 0.25) is 0 Å². The van der Waals surface area contributed by atoms with Crippen LogP contribution in [0.4, 0.5) is 5.69 Å². The van der Waals surface area contributed by atoms with Gasteiger partial charge in [0, 0.05) is 12.7 Å². The number of hydrogen-bond acceptors (Lipinski definition) is 3. The van der Waals surface area contributed by atoms with Crippen LogP contribution in [-0.2, 0) is 6.54 Å². The van der Waals surface area contributed by atoms with Crippen molar-refractivity contribution in [2.24, 2.45) is 0 Å². The summed E-state index contributed by atoms with van der Waals surface area (Å²) in [6, 6.07) is 3.83. The number of pyridine rings is 1. The summed E-state index contributed by atoms with van der Waals surface area (Å²) in [5, 5.41) is 0. The summed E-state index contributed by atoms with van der Waals surface area (Å²) in [6.07, 6.45) is 8.59. The zero-order chi connectivity index (χ0) is 11.2. The highest BCUT2D eigenvalue weighted by molar-refractivity contribution is 5.41. The summed E-state index contributed by atoms with van der Waals surface area (Å²) in [5.41, 5.74) is 7.77. The van der Waals surface area contributed by atoms with E-state index in [1.54, 1.807) is 0 Å². The molecule has 0 atom stereocenters. The first kappa shape index (κ1) is 11.4. The fourth-order valence-electron chi connectivity index (χ4n) is 2.27. The highest BCUT2D eigenvalue weighted by atomic mass is 15.1. The third kappa shape index (κ3) is 3.20. The smallest absolute Gasteiger partial charge is 0.0772 e. The summed E-state index contributed by atoms with van der Waals surface area (Å²) in [4.78, 5) is 6.84. The van der Waals surface area contributed by atoms with Crippen LogP contribution in [-0.4, -0.2) is 23.0 Å². The van der Waals surface area contributed by atoms with Gasteiger partial charge in [0.15, 0.2) is 0 Å². The van der Waals surface area contributed by atoms with Crippen LogP contribution in [0.5, 0.6) is 0 Å². The van der Waals surface area contributed by atoms with E-state index in [0.29, 0.717) is 0 Å². The second-order valence-corrected chi connectivity index (χ2v) is 4.58. The number of hydrogen-bond donors (Lipinski definition) is 1. The molecule has 1 aliphatic rings. The quantitative estimate of drug-likeness (QED) is 0.830. The lowest BCUT2D eigenvalue weighted by molar-refractivity contribution is 0.237. The Morgan fingerprint density at radius 1 is 1.12 bits per heavy atom. The molecule has 3 nitrogen and oxygen atoms in total. The van der Waals surface area contributed by atoms with E-state index in [1.165, 1.54) is 45.2 Å². The second kappa shape index (κ2) is 5.85. The maximum absolute atomic E-state index is 5.92. The third-order valence-electron chi connectivity index (χ3n) is 3.25. The van der Waals surface area contributed by atoms with E-state index in [2.05, 4.69) is 9.88 Å². The van der Waals surface area contributed by atoms with Crippen molar-refractivity contribution in [3.05, 3.63) is 24.0 Å². The van der Waals surface area contributed by atoms with Crippen molar-refractivity contribution in [1.82, 2.24) is 9.88 Å². The summed E-state index contributed by atoms with van der Waals surface area (Å²) in [6.45, 7) is 3.29. The van der Waals surface area contributed by atoms with Crippen LogP contribution >= 0.6 is 0 Å². The van der Waals surface area contributed by atoms with Crippen LogP contribution in [0.1, 0.15) is 37.8 Å². The molecule has 1 fully saturated rings. The fraction of sp³-hybridized carbons (Fsp3) is 0.615. The molecule has 0 spiro atoms. The van der Waals surface area contributed by atoms with E-state index >= 15 is 0 Å². The Morgan fingerprint density at radius 2 is 1.81 bits per heavy atom. The first-order valence-corrected chi connectivity index (χ1v) is 6.28. The Balaban J connectivity index is 1.94. The van der Waals surface area contributed by atoms with E-state index in [4.69, 9.17) is 5.73 Å². The van der Waals surface area contributed by atoms with Gasteiger partial charge >= 0.3 is 0 Å². The van der Waals surface area contributed by atoms with Gasteiger partial charge in [-0.25, -0.2) is 0 Å². The molecule has 2 rings (SSSR count). The minimum absolute atomic E-state index is 0.824. The van der Waals surface area contributed by atoms with Gasteiger partial charge in [-0.1, -0.05) is 19.3 Å². The van der Waals surface area contributed by atoms with Crippen molar-refractivity contribution in [3.8, 4) is 0 Å². The second-order valence-electron chi connectivity index (χ2n) is 4.58. The van der Waals surface area contributed by atoms with E-state index in [1.807, 2.05) is 18.3 Å². The summed E-state index contributed by atoms with van der Waals surface area (Å²) in [5.74, 6) is 0. The minimum Gasteiger partial charge on any atom is -0.397 e. The molecule has 1 saturated heterocycles. The standard InChI is InChI=1S/C13H21N3/c14-12-7-6-8-15-13(12)11-16-9-4-2-1-3-5-10-16/h6-8H,1-5,9-11,14H2. The highest BCUT2D eigenvalue weighted by Gasteiger charge is 2.10. The van der Waals surface area contributed by atoms with Gasteiger partial charge in [-0.3, -0.25) is 9.88 Å². The fourth-order valence-corrected chi connectivity index (χ4v) is 2.27. The number of anilines is 1. The van der Waals surface area contributed by atoms with Crippen molar-refractivity contribution < 1.29 is 0 Å². The van der Waals surface area contributed by atoms with Gasteiger partial charge in [-0.2, -0.15) is 0 Å². The van der Waals surface area contributed by atoms with Crippen LogP contribution in [0.25, 0.3) is 0 Å². The normalized spacial score (nSPS) is 19.0. The van der Waals surface area contributed by atoms with Crippen molar-refractivity contribution >= 4 is 5.69 Å². The SMILES string of the molecule is Nc1cccnc1CN1CCCCCCC1. The van der Waals surface area contributed by atoms with E-state index < -0.39 is 0 Å². The van der Waals surface area contributed by atoms with Crippen LogP contribution in [0.3, 0.4) is 0 Å². The van der Waals surface area contributed by atoms with Gasteiger partial charge in [0.1, 0.15) is 0 Å². The molecular weight excluding hydrogens is 198 g/mol. The van der Waals surface area contributed by atoms with Gasteiger partial charge in [0.2, 0.25) is 0 Å². The van der Waals surface area contributed by atoms with Crippen molar-refractivity contribution in [2.45, 2.75) is 38.6 Å². The van der Waals surface area contributed by atoms with Gasteiger partial charge in [0.05, 0.1) is 11.4 Å². The Labute approximate surface area is 97.7 Å². The topological polar surface area (TPSA) is 42.1 Å². The number of likely N-dealkylation sites (tertiary alicyclic amines) is 1. The molecule has 1 aromatic heterocycles. The highest BCUT2D eigenvalue weighted by Crippen LogP contribution is 2.15. The molecule has 88 valence electrons. The van der Waals surface area contributed by atoms with Crippen molar-refractivity contribution in [1.29, 1.82) is 0 Å². The van der Waals surface area contributed by atoms with Gasteiger partial charge < -0.3 is 5.73 Å². The predicted octanol–water partition coefficient (Wildman–Crippen LogP) is 2.43. The van der Waals surface area contributed by atoms with Crippen LogP contribution in [0, 0.1) is 0 Å². The lowest BCUT2D eigenvalue weighted by Crippen LogP contribution is -2.27. The minimum atomic E-state index is 0.824. The zero-order valence-electron chi connectivity index (χ0n) is 9.86. The first-order valence-electron chi connectivity index (χ1n) is 6.28. The predicted molar refractivity (Wildman–Crippen MR) is 67.0 cm³/mol. The van der Waals surface area contributed by atoms with Crippen LogP contribution in [0.15, 0.2) is 18.3 Å². The lowest BCUT2D eigenvalue weighted by atomic mass is 10.1. The molecule has 1 aliphatic heterocycles. The molecular formula is C13H21N3. The van der Waals surface area contributed by atoms with Crippen molar-refractivity contribution in [3.63, 3.8) is 0 Å². The summed E-state index contributed by atoms with van der Waals surface area (Å²) >= 11 is 0. The Morgan fingerprint density at radius 3 is 2.50 bits per heavy atom. The largest absolute Gasteiger partial charge is 0.397 e. The number of nitrogens with two attached hydrogens (primary N) is 1. The van der Waals surface area contributed by atoms with E-state index in [9.17, 15) is 0 Å². The molecule has 0 saturated carbocycles. The molecule has 16 heavy (non-hydrogen) atoms. The Bertz CT molecular complexity index is 317. The average Bonchev–Trinajstić information content (AvgIpc) is 2.24. The van der Waals surface area contributed by atoms with Gasteiger partial charge in [0.25, 0.3) is 0 Å². The molecule has 1 aromatic rings. The molecule has 0 radical (unpaired) electrons. The molecule has 0 bridgehead atoms. The third-order valence-corrected chi connectivity index (χ3v) is 3.25. The number of nitrogen functional groups attached to an aromatic ring is 1. The zero-order valence-corrected chi connectivity index (χ0v) is 9.86. The average molecular weight is 219 g/mol.